The van der Waals surface area contributed by atoms with Crippen molar-refractivity contribution < 1.29 is 19.7 Å². The van der Waals surface area contributed by atoms with Crippen LogP contribution in [0.1, 0.15) is 51.7 Å². The van der Waals surface area contributed by atoms with Crippen molar-refractivity contribution in [3.8, 4) is 11.5 Å². The molecule has 1 aromatic rings. The van der Waals surface area contributed by atoms with Crippen molar-refractivity contribution in [1.29, 1.82) is 0 Å². The second-order valence-corrected chi connectivity index (χ2v) is 5.93. The van der Waals surface area contributed by atoms with Crippen molar-refractivity contribution in [1.82, 2.24) is 0 Å². The van der Waals surface area contributed by atoms with E-state index in [9.17, 15) is 9.90 Å². The highest BCUT2D eigenvalue weighted by atomic mass is 16.5. The Hall–Kier alpha value is -1.71. The molecule has 4 heteroatoms. The maximum absolute atomic E-state index is 10.5. The zero-order valence-corrected chi connectivity index (χ0v) is 12.7. The summed E-state index contributed by atoms with van der Waals surface area (Å²) in [7, 11) is 0. The molecule has 0 saturated heterocycles. The van der Waals surface area contributed by atoms with Crippen LogP contribution in [-0.2, 0) is 16.6 Å². The van der Waals surface area contributed by atoms with Crippen LogP contribution in [0.4, 0.5) is 0 Å². The quantitative estimate of drug-likeness (QED) is 0.783. The summed E-state index contributed by atoms with van der Waals surface area (Å²) in [5.41, 5.74) is 1.53. The van der Waals surface area contributed by atoms with Gasteiger partial charge < -0.3 is 14.9 Å². The van der Waals surface area contributed by atoms with Gasteiger partial charge in [0.25, 0.3) is 0 Å². The summed E-state index contributed by atoms with van der Waals surface area (Å²) < 4.78 is 5.62. The maximum atomic E-state index is 10.5. The van der Waals surface area contributed by atoms with E-state index in [0.29, 0.717) is 24.5 Å². The van der Waals surface area contributed by atoms with Crippen LogP contribution in [0.5, 0.6) is 11.5 Å². The van der Waals surface area contributed by atoms with Gasteiger partial charge in [0.1, 0.15) is 11.5 Å². The molecular weight excluding hydrogens is 256 g/mol. The topological polar surface area (TPSA) is 66.8 Å². The summed E-state index contributed by atoms with van der Waals surface area (Å²) >= 11 is 0. The molecule has 0 unspecified atom stereocenters. The lowest BCUT2D eigenvalue weighted by atomic mass is 9.84. The summed E-state index contributed by atoms with van der Waals surface area (Å²) in [4.78, 5) is 10.5. The van der Waals surface area contributed by atoms with E-state index in [1.165, 1.54) is 0 Å². The standard InChI is InChI=1S/C16H24O4/c1-5-11-9-12(20-8-6-7-14(17)18)10-13(15(11)19)16(2,3)4/h9-10,19H,5-8H2,1-4H3,(H,17,18). The Kier molecular flexibility index (Phi) is 5.43. The molecule has 0 spiro atoms. The largest absolute Gasteiger partial charge is 0.507 e. The van der Waals surface area contributed by atoms with E-state index in [4.69, 9.17) is 9.84 Å². The molecule has 20 heavy (non-hydrogen) atoms. The molecular formula is C16H24O4. The second kappa shape index (κ2) is 6.64. The number of aryl methyl sites for hydroxylation is 1. The third-order valence-electron chi connectivity index (χ3n) is 3.15. The zero-order valence-electron chi connectivity index (χ0n) is 12.7. The van der Waals surface area contributed by atoms with E-state index < -0.39 is 5.97 Å². The summed E-state index contributed by atoms with van der Waals surface area (Å²) in [6.45, 7) is 8.46. The van der Waals surface area contributed by atoms with Gasteiger partial charge in [-0.25, -0.2) is 0 Å². The van der Waals surface area contributed by atoms with E-state index >= 15 is 0 Å². The molecule has 0 atom stereocenters. The lowest BCUT2D eigenvalue weighted by Crippen LogP contribution is -2.13. The van der Waals surface area contributed by atoms with Crippen LogP contribution < -0.4 is 4.74 Å². The third kappa shape index (κ3) is 4.44. The molecule has 1 rings (SSSR count). The number of hydrogen-bond acceptors (Lipinski definition) is 3. The molecule has 0 aliphatic heterocycles. The first-order chi connectivity index (χ1) is 9.25. The second-order valence-electron chi connectivity index (χ2n) is 5.93. The predicted octanol–water partition coefficient (Wildman–Crippen LogP) is 3.50. The number of phenolic OH excluding ortho intramolecular Hbond substituents is 1. The van der Waals surface area contributed by atoms with Crippen LogP contribution in [0, 0.1) is 0 Å². The van der Waals surface area contributed by atoms with E-state index in [-0.39, 0.29) is 11.8 Å². The fourth-order valence-electron chi connectivity index (χ4n) is 2.00. The van der Waals surface area contributed by atoms with Crippen molar-refractivity contribution in [3.05, 3.63) is 23.3 Å². The first-order valence-electron chi connectivity index (χ1n) is 6.96. The van der Waals surface area contributed by atoms with Gasteiger partial charge in [-0.3, -0.25) is 4.79 Å². The average molecular weight is 280 g/mol. The van der Waals surface area contributed by atoms with Gasteiger partial charge in [0.15, 0.2) is 0 Å². The first-order valence-corrected chi connectivity index (χ1v) is 6.96. The highest BCUT2D eigenvalue weighted by Crippen LogP contribution is 2.37. The molecule has 0 aliphatic carbocycles. The molecule has 1 aromatic carbocycles. The fraction of sp³-hybridized carbons (Fsp3) is 0.562. The molecule has 0 amide bonds. The van der Waals surface area contributed by atoms with Gasteiger partial charge in [0.05, 0.1) is 6.61 Å². The van der Waals surface area contributed by atoms with E-state index in [1.54, 1.807) is 0 Å². The van der Waals surface area contributed by atoms with E-state index in [2.05, 4.69) is 0 Å². The van der Waals surface area contributed by atoms with Crippen LogP contribution in [-0.4, -0.2) is 22.8 Å². The van der Waals surface area contributed by atoms with Gasteiger partial charge in [-0.1, -0.05) is 27.7 Å². The van der Waals surface area contributed by atoms with Crippen LogP contribution in [0.25, 0.3) is 0 Å². The van der Waals surface area contributed by atoms with Gasteiger partial charge >= 0.3 is 5.97 Å². The number of aliphatic carboxylic acids is 1. The van der Waals surface area contributed by atoms with Gasteiger partial charge in [-0.2, -0.15) is 0 Å². The highest BCUT2D eigenvalue weighted by molar-refractivity contribution is 5.66. The van der Waals surface area contributed by atoms with E-state index in [0.717, 1.165) is 17.5 Å². The van der Waals surface area contributed by atoms with Gasteiger partial charge in [0.2, 0.25) is 0 Å². The molecule has 112 valence electrons. The molecule has 4 nitrogen and oxygen atoms in total. The minimum absolute atomic E-state index is 0.102. The van der Waals surface area contributed by atoms with Crippen LogP contribution in [0.15, 0.2) is 12.1 Å². The Morgan fingerprint density at radius 1 is 1.30 bits per heavy atom. The number of phenols is 1. The lowest BCUT2D eigenvalue weighted by molar-refractivity contribution is -0.137. The predicted molar refractivity (Wildman–Crippen MR) is 78.5 cm³/mol. The van der Waals surface area contributed by atoms with Crippen molar-refractivity contribution in [2.75, 3.05) is 6.61 Å². The number of ether oxygens (including phenoxy) is 1. The molecule has 0 fully saturated rings. The summed E-state index contributed by atoms with van der Waals surface area (Å²) in [6.07, 6.45) is 1.30. The van der Waals surface area contributed by atoms with Crippen molar-refractivity contribution in [2.45, 2.75) is 52.4 Å². The van der Waals surface area contributed by atoms with Crippen molar-refractivity contribution in [2.24, 2.45) is 0 Å². The molecule has 0 radical (unpaired) electrons. The minimum Gasteiger partial charge on any atom is -0.507 e. The summed E-state index contributed by atoms with van der Waals surface area (Å²) in [6, 6.07) is 3.67. The van der Waals surface area contributed by atoms with Crippen LogP contribution in [0.3, 0.4) is 0 Å². The number of rotatable bonds is 6. The number of carbonyl (C=O) groups is 1. The third-order valence-corrected chi connectivity index (χ3v) is 3.15. The first kappa shape index (κ1) is 16.3. The Morgan fingerprint density at radius 3 is 2.45 bits per heavy atom. The lowest BCUT2D eigenvalue weighted by Gasteiger charge is -2.23. The summed E-state index contributed by atoms with van der Waals surface area (Å²) in [5.74, 6) is 0.205. The fourth-order valence-corrected chi connectivity index (χ4v) is 2.00. The molecule has 2 N–H and O–H groups in total. The SMILES string of the molecule is CCc1cc(OCCCC(=O)O)cc(C(C)(C)C)c1O. The van der Waals surface area contributed by atoms with Crippen LogP contribution >= 0.6 is 0 Å². The zero-order chi connectivity index (χ0) is 15.3. The van der Waals surface area contributed by atoms with Crippen LogP contribution in [0.2, 0.25) is 0 Å². The Bertz CT molecular complexity index is 472. The number of carboxylic acids is 1. The maximum Gasteiger partial charge on any atom is 0.303 e. The Labute approximate surface area is 120 Å². The Morgan fingerprint density at radius 2 is 1.95 bits per heavy atom. The minimum atomic E-state index is -0.816. The van der Waals surface area contributed by atoms with Gasteiger partial charge in [0, 0.05) is 12.0 Å². The molecule has 0 aromatic heterocycles. The van der Waals surface area contributed by atoms with Crippen molar-refractivity contribution >= 4 is 5.97 Å². The smallest absolute Gasteiger partial charge is 0.303 e. The molecule has 0 heterocycles. The van der Waals surface area contributed by atoms with Crippen molar-refractivity contribution in [3.63, 3.8) is 0 Å². The number of carboxylic acid groups (broad SMARTS) is 1. The summed E-state index contributed by atoms with van der Waals surface area (Å²) in [5, 5.41) is 18.9. The molecule has 0 saturated carbocycles. The molecule has 0 bridgehead atoms. The van der Waals surface area contributed by atoms with Gasteiger partial charge in [-0.05, 0) is 36.0 Å². The Balaban J connectivity index is 2.89. The average Bonchev–Trinajstić information content (AvgIpc) is 2.34. The normalized spacial score (nSPS) is 11.4. The number of hydrogen-bond donors (Lipinski definition) is 2. The van der Waals surface area contributed by atoms with E-state index in [1.807, 2.05) is 39.8 Å². The highest BCUT2D eigenvalue weighted by Gasteiger charge is 2.21. The number of benzene rings is 1. The van der Waals surface area contributed by atoms with Gasteiger partial charge in [-0.15, -0.1) is 0 Å². The molecule has 0 aliphatic rings. The monoisotopic (exact) mass is 280 g/mol. The number of aromatic hydroxyl groups is 1.